The van der Waals surface area contributed by atoms with Crippen molar-refractivity contribution in [3.05, 3.63) is 166 Å². The number of amides is 4. The zero-order valence-electron chi connectivity index (χ0n) is 31.7. The van der Waals surface area contributed by atoms with Gasteiger partial charge in [-0.25, -0.2) is 4.39 Å². The summed E-state index contributed by atoms with van der Waals surface area (Å²) in [6.45, 7) is 2.02. The number of imide groups is 2. The van der Waals surface area contributed by atoms with Gasteiger partial charge in [0.25, 0.3) is 11.8 Å². The third kappa shape index (κ3) is 5.94. The Bertz CT molecular complexity index is 2560. The van der Waals surface area contributed by atoms with Crippen molar-refractivity contribution >= 4 is 52.4 Å². The highest BCUT2D eigenvalue weighted by Crippen LogP contribution is 2.65. The van der Waals surface area contributed by atoms with Gasteiger partial charge in [0.15, 0.2) is 17.3 Å². The number of ketones is 1. The summed E-state index contributed by atoms with van der Waals surface area (Å²) < 4.78 is 19.8. The monoisotopic (exact) mass is 809 g/mol. The van der Waals surface area contributed by atoms with E-state index in [1.165, 1.54) is 24.3 Å². The number of hydrogen-bond acceptors (Lipinski definition) is 8. The molecule has 0 radical (unpaired) electrons. The lowest BCUT2D eigenvalue weighted by Gasteiger charge is -2.50. The molecule has 1 saturated carbocycles. The lowest BCUT2D eigenvalue weighted by atomic mass is 9.49. The van der Waals surface area contributed by atoms with E-state index in [0.717, 1.165) is 9.91 Å². The molecule has 9 rings (SSSR count). The maximum Gasteiger partial charge on any atom is 0.260 e. The van der Waals surface area contributed by atoms with Crippen LogP contribution in [0.15, 0.2) is 133 Å². The van der Waals surface area contributed by atoms with Gasteiger partial charge >= 0.3 is 0 Å². The second-order valence-corrected chi connectivity index (χ2v) is 15.7. The van der Waals surface area contributed by atoms with Gasteiger partial charge in [0.05, 0.1) is 41.2 Å². The third-order valence-electron chi connectivity index (χ3n) is 12.3. The highest BCUT2D eigenvalue weighted by atomic mass is 35.5. The standard InChI is InChI=1S/C47H37ClFN3O7/c1-2-59-38-10-6-9-35(42(38)54)40-33-23-24-34-39(45(57)51(43(34)55)32-21-11-27(12-22-32)41(53)26-7-4-3-5-8-26)36(33)25-37-44(56)52(50-31-19-17-30(49)18-20-31)46(58)47(37,40)28-13-15-29(48)16-14-28/h3-23,34,36-37,39-40,50,54H,2,24-25H2,1H3. The van der Waals surface area contributed by atoms with Crippen molar-refractivity contribution in [2.75, 3.05) is 16.9 Å². The second-order valence-electron chi connectivity index (χ2n) is 15.3. The molecule has 5 aromatic carbocycles. The summed E-state index contributed by atoms with van der Waals surface area (Å²) in [6.07, 6.45) is 2.06. The molecule has 2 N–H and O–H groups in total. The van der Waals surface area contributed by atoms with E-state index in [4.69, 9.17) is 16.3 Å². The minimum Gasteiger partial charge on any atom is -0.504 e. The van der Waals surface area contributed by atoms with Gasteiger partial charge in [-0.05, 0) is 98.0 Å². The first-order chi connectivity index (χ1) is 28.5. The molecule has 0 aromatic heterocycles. The number of ether oxygens (including phenoxy) is 1. The van der Waals surface area contributed by atoms with Gasteiger partial charge in [-0.1, -0.05) is 77.8 Å². The number of allylic oxidation sites excluding steroid dienone is 2. The number of benzene rings is 5. The number of para-hydroxylation sites is 1. The molecule has 59 heavy (non-hydrogen) atoms. The fourth-order valence-electron chi connectivity index (χ4n) is 9.82. The number of phenolic OH excluding ortho intramolecular Hbond substituents is 1. The Morgan fingerprint density at radius 3 is 2.22 bits per heavy atom. The predicted octanol–water partition coefficient (Wildman–Crippen LogP) is 8.00. The molecule has 4 amide bonds. The van der Waals surface area contributed by atoms with E-state index in [2.05, 4.69) is 5.43 Å². The minimum atomic E-state index is -1.68. The highest BCUT2D eigenvalue weighted by Gasteiger charge is 2.70. The number of halogens is 2. The predicted molar refractivity (Wildman–Crippen MR) is 217 cm³/mol. The Kier molecular flexibility index (Phi) is 9.43. The van der Waals surface area contributed by atoms with Crippen LogP contribution in [0.25, 0.3) is 0 Å². The van der Waals surface area contributed by atoms with E-state index in [1.807, 2.05) is 12.1 Å². The molecule has 0 spiro atoms. The van der Waals surface area contributed by atoms with Gasteiger partial charge in [-0.2, -0.15) is 5.01 Å². The van der Waals surface area contributed by atoms with Crippen molar-refractivity contribution in [2.24, 2.45) is 23.7 Å². The van der Waals surface area contributed by atoms with E-state index in [-0.39, 0.29) is 42.4 Å². The van der Waals surface area contributed by atoms with Crippen molar-refractivity contribution in [3.63, 3.8) is 0 Å². The van der Waals surface area contributed by atoms with Crippen LogP contribution in [0.3, 0.4) is 0 Å². The van der Waals surface area contributed by atoms with Crippen molar-refractivity contribution in [2.45, 2.75) is 31.1 Å². The summed E-state index contributed by atoms with van der Waals surface area (Å²) in [4.78, 5) is 73.7. The average molecular weight is 810 g/mol. The van der Waals surface area contributed by atoms with Crippen LogP contribution in [0.5, 0.6) is 11.5 Å². The highest BCUT2D eigenvalue weighted by molar-refractivity contribution is 6.30. The first kappa shape index (κ1) is 38.0. The zero-order valence-corrected chi connectivity index (χ0v) is 32.4. The van der Waals surface area contributed by atoms with Crippen LogP contribution >= 0.6 is 11.6 Å². The first-order valence-electron chi connectivity index (χ1n) is 19.4. The Morgan fingerprint density at radius 1 is 0.831 bits per heavy atom. The summed E-state index contributed by atoms with van der Waals surface area (Å²) in [5.41, 5.74) is 4.15. The minimum absolute atomic E-state index is 0.0155. The Hall–Kier alpha value is -6.59. The first-order valence-corrected chi connectivity index (χ1v) is 19.8. The average Bonchev–Trinajstić information content (AvgIpc) is 3.63. The molecule has 5 aromatic rings. The van der Waals surface area contributed by atoms with Crippen LogP contribution in [0.4, 0.5) is 15.8 Å². The van der Waals surface area contributed by atoms with Crippen LogP contribution in [0.1, 0.15) is 52.7 Å². The summed E-state index contributed by atoms with van der Waals surface area (Å²) in [5.74, 6) is -7.33. The van der Waals surface area contributed by atoms with Gasteiger partial charge < -0.3 is 9.84 Å². The molecule has 2 heterocycles. The second kappa shape index (κ2) is 14.7. The number of rotatable bonds is 9. The number of nitrogens with zero attached hydrogens (tertiary/aromatic N) is 2. The van der Waals surface area contributed by atoms with E-state index < -0.39 is 64.5 Å². The smallest absolute Gasteiger partial charge is 0.260 e. The van der Waals surface area contributed by atoms with Gasteiger partial charge in [0.1, 0.15) is 5.82 Å². The molecule has 4 aliphatic rings. The van der Waals surface area contributed by atoms with Crippen LogP contribution in [-0.2, 0) is 24.6 Å². The van der Waals surface area contributed by atoms with Crippen LogP contribution in [0, 0.1) is 29.5 Å². The number of hydrazine groups is 1. The third-order valence-corrected chi connectivity index (χ3v) is 12.6. The van der Waals surface area contributed by atoms with Crippen LogP contribution in [0.2, 0.25) is 5.02 Å². The molecular formula is C47H37ClFN3O7. The molecule has 2 saturated heterocycles. The maximum absolute atomic E-state index is 15.4. The van der Waals surface area contributed by atoms with Gasteiger partial charge in [-0.15, -0.1) is 0 Å². The molecule has 2 aliphatic heterocycles. The number of nitrogens with one attached hydrogen (secondary N) is 1. The van der Waals surface area contributed by atoms with E-state index in [0.29, 0.717) is 38.5 Å². The van der Waals surface area contributed by atoms with Crippen molar-refractivity contribution in [1.82, 2.24) is 5.01 Å². The molecule has 3 fully saturated rings. The molecule has 6 atom stereocenters. The summed E-state index contributed by atoms with van der Waals surface area (Å²) in [5, 5.41) is 13.3. The fourth-order valence-corrected chi connectivity index (χ4v) is 9.94. The molecule has 12 heteroatoms. The molecule has 2 aliphatic carbocycles. The quantitative estimate of drug-likeness (QED) is 0.0870. The lowest BCUT2D eigenvalue weighted by Crippen LogP contribution is -2.53. The van der Waals surface area contributed by atoms with Crippen molar-refractivity contribution < 1.29 is 38.2 Å². The van der Waals surface area contributed by atoms with Crippen LogP contribution in [-0.4, -0.2) is 46.1 Å². The number of fused-ring (bicyclic) bond motifs is 4. The number of phenols is 1. The number of carbonyl (C=O) groups excluding carboxylic acids is 5. The number of aromatic hydroxyl groups is 1. The molecule has 0 bridgehead atoms. The van der Waals surface area contributed by atoms with Crippen molar-refractivity contribution in [1.29, 1.82) is 0 Å². The SMILES string of the molecule is CCOc1cccc(C2C3=CCC4C(=O)N(c5ccc(C(=O)c6ccccc6)cc5)C(=O)C4C3CC3C(=O)N(Nc4ccc(F)cc4)C(=O)C32c2ccc(Cl)cc2)c1O. The van der Waals surface area contributed by atoms with Crippen LogP contribution < -0.4 is 15.1 Å². The van der Waals surface area contributed by atoms with Gasteiger partial charge in [0.2, 0.25) is 11.8 Å². The van der Waals surface area contributed by atoms with Gasteiger partial charge in [0, 0.05) is 27.6 Å². The molecule has 6 unspecified atom stereocenters. The summed E-state index contributed by atoms with van der Waals surface area (Å²) >= 11 is 6.39. The topological polar surface area (TPSA) is 133 Å². The van der Waals surface area contributed by atoms with E-state index in [9.17, 15) is 28.7 Å². The molecular weight excluding hydrogens is 773 g/mol. The summed E-state index contributed by atoms with van der Waals surface area (Å²) in [6, 6.07) is 32.0. The Labute approximate surface area is 343 Å². The Morgan fingerprint density at radius 2 is 1.53 bits per heavy atom. The maximum atomic E-state index is 15.4. The fraction of sp³-hybridized carbons (Fsp3) is 0.213. The normalized spacial score (nSPS) is 24.7. The van der Waals surface area contributed by atoms with E-state index >= 15 is 4.79 Å². The van der Waals surface area contributed by atoms with Gasteiger partial charge in [-0.3, -0.25) is 34.3 Å². The lowest BCUT2D eigenvalue weighted by molar-refractivity contribution is -0.138. The largest absolute Gasteiger partial charge is 0.504 e. The Balaban J connectivity index is 1.17. The number of hydrogen-bond donors (Lipinski definition) is 2. The van der Waals surface area contributed by atoms with E-state index in [1.54, 1.807) is 97.9 Å². The van der Waals surface area contributed by atoms with Crippen molar-refractivity contribution in [3.8, 4) is 11.5 Å². The molecule has 296 valence electrons. The number of carbonyl (C=O) groups is 5. The molecule has 10 nitrogen and oxygen atoms in total. The zero-order chi connectivity index (χ0) is 41.2. The number of anilines is 2. The summed E-state index contributed by atoms with van der Waals surface area (Å²) in [7, 11) is 0.